The van der Waals surface area contributed by atoms with Gasteiger partial charge < -0.3 is 4.90 Å². The quantitative estimate of drug-likeness (QED) is 0.436. The van der Waals surface area contributed by atoms with Crippen molar-refractivity contribution >= 4 is 43.0 Å². The molecule has 8 nitrogen and oxygen atoms in total. The Kier molecular flexibility index (Phi) is 5.50. The number of nitro groups is 1. The summed E-state index contributed by atoms with van der Waals surface area (Å²) in [6.45, 7) is 2.12. The molecule has 1 aromatic heterocycles. The predicted octanol–water partition coefficient (Wildman–Crippen LogP) is 3.40. The van der Waals surface area contributed by atoms with Crippen LogP contribution < -0.4 is 0 Å². The number of halogens is 1. The van der Waals surface area contributed by atoms with Crippen molar-refractivity contribution in [3.63, 3.8) is 0 Å². The van der Waals surface area contributed by atoms with E-state index in [-0.39, 0.29) is 42.8 Å². The van der Waals surface area contributed by atoms with E-state index in [4.69, 9.17) is 0 Å². The first-order valence-corrected chi connectivity index (χ1v) is 11.7. The number of para-hydroxylation sites is 1. The Labute approximate surface area is 181 Å². The van der Waals surface area contributed by atoms with Crippen LogP contribution in [0.15, 0.2) is 47.4 Å². The standard InChI is InChI=1S/C20H18FN3O5S2/c1-13-15-12-14(21)6-7-17(15)30-19(13)20(25)22-8-10-23(11-9-22)31(28,29)18-5-3-2-4-16(18)24(26)27/h2-7,12H,8-11H2,1H3. The monoisotopic (exact) mass is 463 g/mol. The average Bonchev–Trinajstić information content (AvgIpc) is 3.09. The lowest BCUT2D eigenvalue weighted by Crippen LogP contribution is -2.50. The summed E-state index contributed by atoms with van der Waals surface area (Å²) >= 11 is 1.28. The van der Waals surface area contributed by atoms with Crippen molar-refractivity contribution in [2.24, 2.45) is 0 Å². The van der Waals surface area contributed by atoms with Gasteiger partial charge in [0.05, 0.1) is 9.80 Å². The molecule has 1 amide bonds. The molecule has 2 heterocycles. The molecule has 0 spiro atoms. The zero-order chi connectivity index (χ0) is 22.3. The van der Waals surface area contributed by atoms with E-state index in [1.807, 2.05) is 0 Å². The first-order valence-electron chi connectivity index (χ1n) is 9.41. The smallest absolute Gasteiger partial charge is 0.289 e. The summed E-state index contributed by atoms with van der Waals surface area (Å²) in [4.78, 5) is 25.2. The maximum absolute atomic E-state index is 13.6. The molecule has 1 saturated heterocycles. The lowest BCUT2D eigenvalue weighted by atomic mass is 10.1. The van der Waals surface area contributed by atoms with Gasteiger partial charge in [-0.1, -0.05) is 12.1 Å². The molecule has 0 radical (unpaired) electrons. The Morgan fingerprint density at radius 3 is 2.48 bits per heavy atom. The number of hydrogen-bond acceptors (Lipinski definition) is 6. The average molecular weight is 464 g/mol. The van der Waals surface area contributed by atoms with Gasteiger partial charge in [-0.05, 0) is 42.1 Å². The van der Waals surface area contributed by atoms with Crippen molar-refractivity contribution in [1.29, 1.82) is 0 Å². The third-order valence-electron chi connectivity index (χ3n) is 5.30. The van der Waals surface area contributed by atoms with Gasteiger partial charge in [0.1, 0.15) is 5.82 Å². The van der Waals surface area contributed by atoms with E-state index in [1.54, 1.807) is 17.9 Å². The third-order valence-corrected chi connectivity index (χ3v) is 8.50. The molecule has 1 aliphatic rings. The number of thiophene rings is 1. The molecule has 0 bridgehead atoms. The van der Waals surface area contributed by atoms with Crippen LogP contribution in [-0.2, 0) is 10.0 Å². The molecule has 2 aromatic carbocycles. The van der Waals surface area contributed by atoms with E-state index in [0.29, 0.717) is 15.8 Å². The fraction of sp³-hybridized carbons (Fsp3) is 0.250. The Morgan fingerprint density at radius 1 is 1.13 bits per heavy atom. The molecule has 1 aliphatic heterocycles. The van der Waals surface area contributed by atoms with Crippen molar-refractivity contribution < 1.29 is 22.5 Å². The number of piperazine rings is 1. The van der Waals surface area contributed by atoms with Crippen molar-refractivity contribution in [3.05, 3.63) is 68.8 Å². The Hall–Kier alpha value is -2.89. The van der Waals surface area contributed by atoms with E-state index >= 15 is 0 Å². The maximum Gasteiger partial charge on any atom is 0.289 e. The maximum atomic E-state index is 13.6. The van der Waals surface area contributed by atoms with Crippen molar-refractivity contribution in [3.8, 4) is 0 Å². The van der Waals surface area contributed by atoms with Gasteiger partial charge in [0.25, 0.3) is 11.6 Å². The minimum absolute atomic E-state index is 0.0265. The zero-order valence-electron chi connectivity index (χ0n) is 16.4. The molecule has 0 atom stereocenters. The molecule has 0 unspecified atom stereocenters. The molecule has 0 N–H and O–H groups in total. The summed E-state index contributed by atoms with van der Waals surface area (Å²) in [7, 11) is -4.07. The molecular formula is C20H18FN3O5S2. The highest BCUT2D eigenvalue weighted by Gasteiger charge is 2.35. The van der Waals surface area contributed by atoms with Gasteiger partial charge in [0.2, 0.25) is 10.0 Å². The number of nitrogens with zero attached hydrogens (tertiary/aromatic N) is 3. The molecule has 1 fully saturated rings. The Balaban J connectivity index is 1.53. The van der Waals surface area contributed by atoms with Crippen LogP contribution in [0.2, 0.25) is 0 Å². The van der Waals surface area contributed by atoms with Crippen molar-refractivity contribution in [2.45, 2.75) is 11.8 Å². The van der Waals surface area contributed by atoms with Crippen LogP contribution in [0.4, 0.5) is 10.1 Å². The lowest BCUT2D eigenvalue weighted by Gasteiger charge is -2.33. The van der Waals surface area contributed by atoms with Gasteiger partial charge in [-0.25, -0.2) is 12.8 Å². The van der Waals surface area contributed by atoms with Gasteiger partial charge in [0, 0.05) is 36.9 Å². The molecule has 31 heavy (non-hydrogen) atoms. The first kappa shape index (κ1) is 21.3. The normalized spacial score (nSPS) is 15.4. The van der Waals surface area contributed by atoms with E-state index < -0.39 is 20.6 Å². The second-order valence-electron chi connectivity index (χ2n) is 7.12. The third kappa shape index (κ3) is 3.80. The van der Waals surface area contributed by atoms with E-state index in [9.17, 15) is 27.7 Å². The zero-order valence-corrected chi connectivity index (χ0v) is 18.1. The second-order valence-corrected chi connectivity index (χ2v) is 10.1. The fourth-order valence-electron chi connectivity index (χ4n) is 3.64. The molecule has 4 rings (SSSR count). The minimum Gasteiger partial charge on any atom is -0.335 e. The van der Waals surface area contributed by atoms with E-state index in [2.05, 4.69) is 0 Å². The van der Waals surface area contributed by atoms with Gasteiger partial charge in [-0.3, -0.25) is 14.9 Å². The molecule has 11 heteroatoms. The molecule has 3 aromatic rings. The minimum atomic E-state index is -4.07. The highest BCUT2D eigenvalue weighted by atomic mass is 32.2. The Bertz CT molecular complexity index is 1300. The Morgan fingerprint density at radius 2 is 1.81 bits per heavy atom. The highest BCUT2D eigenvalue weighted by molar-refractivity contribution is 7.89. The molecule has 162 valence electrons. The lowest BCUT2D eigenvalue weighted by molar-refractivity contribution is -0.387. The molecular weight excluding hydrogens is 445 g/mol. The van der Waals surface area contributed by atoms with Crippen LogP contribution in [0.25, 0.3) is 10.1 Å². The van der Waals surface area contributed by atoms with Gasteiger partial charge in [0.15, 0.2) is 4.90 Å². The van der Waals surface area contributed by atoms with Crippen LogP contribution in [0.3, 0.4) is 0 Å². The summed E-state index contributed by atoms with van der Waals surface area (Å²) in [5.41, 5.74) is 0.216. The number of fused-ring (bicyclic) bond motifs is 1. The number of benzene rings is 2. The number of hydrogen-bond donors (Lipinski definition) is 0. The van der Waals surface area contributed by atoms with Crippen molar-refractivity contribution in [1.82, 2.24) is 9.21 Å². The number of sulfonamides is 1. The molecule has 0 saturated carbocycles. The summed E-state index contributed by atoms with van der Waals surface area (Å²) in [5.74, 6) is -0.608. The highest BCUT2D eigenvalue weighted by Crippen LogP contribution is 2.33. The fourth-order valence-corrected chi connectivity index (χ4v) is 6.37. The second kappa shape index (κ2) is 7.98. The SMILES string of the molecule is Cc1c(C(=O)N2CCN(S(=O)(=O)c3ccccc3[N+](=O)[O-])CC2)sc2ccc(F)cc12. The number of aryl methyl sites for hydroxylation is 1. The topological polar surface area (TPSA) is 101 Å². The number of nitro benzene ring substituents is 1. The first-order chi connectivity index (χ1) is 14.7. The predicted molar refractivity (Wildman–Crippen MR) is 114 cm³/mol. The van der Waals surface area contributed by atoms with Crippen LogP contribution in [0.5, 0.6) is 0 Å². The van der Waals surface area contributed by atoms with Crippen LogP contribution in [0.1, 0.15) is 15.2 Å². The van der Waals surface area contributed by atoms with Crippen molar-refractivity contribution in [2.75, 3.05) is 26.2 Å². The van der Waals surface area contributed by atoms with E-state index in [0.717, 1.165) is 15.1 Å². The van der Waals surface area contributed by atoms with E-state index in [1.165, 1.54) is 41.7 Å². The van der Waals surface area contributed by atoms with Gasteiger partial charge in [-0.15, -0.1) is 11.3 Å². The van der Waals surface area contributed by atoms with Gasteiger partial charge in [-0.2, -0.15) is 4.31 Å². The number of carbonyl (C=O) groups excluding carboxylic acids is 1. The number of rotatable bonds is 4. The van der Waals surface area contributed by atoms with Crippen LogP contribution in [0, 0.1) is 22.9 Å². The van der Waals surface area contributed by atoms with Crippen LogP contribution >= 0.6 is 11.3 Å². The number of carbonyl (C=O) groups is 1. The summed E-state index contributed by atoms with van der Waals surface area (Å²) < 4.78 is 41.4. The van der Waals surface area contributed by atoms with Gasteiger partial charge >= 0.3 is 0 Å². The summed E-state index contributed by atoms with van der Waals surface area (Å²) in [6, 6.07) is 9.59. The number of amides is 1. The largest absolute Gasteiger partial charge is 0.335 e. The molecule has 0 aliphatic carbocycles. The summed E-state index contributed by atoms with van der Waals surface area (Å²) in [6.07, 6.45) is 0. The summed E-state index contributed by atoms with van der Waals surface area (Å²) in [5, 5.41) is 11.9. The van der Waals surface area contributed by atoms with Crippen LogP contribution in [-0.4, -0.2) is 54.6 Å².